The number of nitrogens with zero attached hydrogens (tertiary/aromatic N) is 4. The van der Waals surface area contributed by atoms with Crippen LogP contribution in [-0.2, 0) is 4.79 Å². The van der Waals surface area contributed by atoms with E-state index >= 15 is 0 Å². The van der Waals surface area contributed by atoms with E-state index in [1.165, 1.54) is 31.3 Å². The van der Waals surface area contributed by atoms with Gasteiger partial charge in [0.25, 0.3) is 5.91 Å². The Balaban J connectivity index is 1.18. The van der Waals surface area contributed by atoms with Crippen molar-refractivity contribution in [3.8, 4) is 10.8 Å². The van der Waals surface area contributed by atoms with Crippen molar-refractivity contribution >= 4 is 39.8 Å². The molecule has 3 aromatic rings. The zero-order valence-electron chi connectivity index (χ0n) is 20.4. The van der Waals surface area contributed by atoms with Gasteiger partial charge in [-0.1, -0.05) is 0 Å². The van der Waals surface area contributed by atoms with Crippen LogP contribution in [-0.4, -0.2) is 66.0 Å². The smallest absolute Gasteiger partial charge is 0.483 e. The number of carbonyl (C=O) groups excluding carboxylic acids is 1. The molecule has 2 aliphatic heterocycles. The topological polar surface area (TPSA) is 79.8 Å². The predicted octanol–water partition coefficient (Wildman–Crippen LogP) is 4.98. The number of fused-ring (bicyclic) bond motifs is 1. The number of anilines is 2. The van der Waals surface area contributed by atoms with Gasteiger partial charge in [-0.3, -0.25) is 4.79 Å². The van der Waals surface area contributed by atoms with Gasteiger partial charge >= 0.3 is 6.36 Å². The molecule has 0 bridgehead atoms. The number of ether oxygens (including phenoxy) is 2. The van der Waals surface area contributed by atoms with Crippen molar-refractivity contribution in [2.24, 2.45) is 0 Å². The van der Waals surface area contributed by atoms with E-state index in [0.717, 1.165) is 65.9 Å². The van der Waals surface area contributed by atoms with Crippen molar-refractivity contribution in [3.05, 3.63) is 35.3 Å². The van der Waals surface area contributed by atoms with Crippen molar-refractivity contribution < 1.29 is 27.4 Å². The fourth-order valence-corrected chi connectivity index (χ4v) is 5.61. The number of benzene rings is 1. The lowest BCUT2D eigenvalue weighted by atomic mass is 10.0. The molecule has 2 aliphatic rings. The molecule has 2 saturated heterocycles. The number of hydrogen-bond acceptors (Lipinski definition) is 8. The minimum absolute atomic E-state index is 0.124. The summed E-state index contributed by atoms with van der Waals surface area (Å²) in [6.07, 6.45) is 0.0746. The fourth-order valence-electron chi connectivity index (χ4n) is 4.91. The Kier molecular flexibility index (Phi) is 7.38. The first-order chi connectivity index (χ1) is 17.7. The molecule has 2 aromatic heterocycles. The summed E-state index contributed by atoms with van der Waals surface area (Å²) in [7, 11) is 0. The summed E-state index contributed by atoms with van der Waals surface area (Å²) in [6, 6.07) is 7.17. The van der Waals surface area contributed by atoms with Crippen LogP contribution in [0.5, 0.6) is 10.8 Å². The Morgan fingerprint density at radius 3 is 2.62 bits per heavy atom. The second-order valence-corrected chi connectivity index (χ2v) is 10.2. The van der Waals surface area contributed by atoms with E-state index in [0.29, 0.717) is 11.7 Å². The molecule has 1 aromatic carbocycles. The summed E-state index contributed by atoms with van der Waals surface area (Å²) in [5.74, 6) is 0.416. The van der Waals surface area contributed by atoms with Crippen molar-refractivity contribution in [3.63, 3.8) is 0 Å². The third kappa shape index (κ3) is 6.42. The van der Waals surface area contributed by atoms with Gasteiger partial charge in [-0.2, -0.15) is 0 Å². The lowest BCUT2D eigenvalue weighted by molar-refractivity contribution is -0.273. The number of thiophene rings is 1. The van der Waals surface area contributed by atoms with Gasteiger partial charge in [0, 0.05) is 41.7 Å². The first-order valence-electron chi connectivity index (χ1n) is 12.3. The minimum atomic E-state index is -4.78. The third-order valence-electron chi connectivity index (χ3n) is 6.70. The minimum Gasteiger partial charge on any atom is -0.483 e. The third-order valence-corrected chi connectivity index (χ3v) is 7.48. The number of aromatic nitrogens is 2. The molecule has 198 valence electrons. The van der Waals surface area contributed by atoms with Crippen molar-refractivity contribution in [1.29, 1.82) is 0 Å². The average Bonchev–Trinajstić information content (AvgIpc) is 3.55. The number of likely N-dealkylation sites (tertiary alicyclic amines) is 1. The average molecular weight is 536 g/mol. The maximum atomic E-state index is 12.3. The Labute approximate surface area is 216 Å². The molecule has 5 rings (SSSR count). The van der Waals surface area contributed by atoms with Gasteiger partial charge in [0.05, 0.1) is 11.2 Å². The first-order valence-corrected chi connectivity index (χ1v) is 13.2. The van der Waals surface area contributed by atoms with Gasteiger partial charge in [0.1, 0.15) is 5.75 Å². The van der Waals surface area contributed by atoms with Crippen LogP contribution >= 0.6 is 11.3 Å². The van der Waals surface area contributed by atoms with Gasteiger partial charge in [-0.15, -0.1) is 24.5 Å². The Morgan fingerprint density at radius 2 is 1.89 bits per heavy atom. The molecule has 2 fully saturated rings. The number of aryl methyl sites for hydroxylation is 1. The number of hydrogen-bond donors (Lipinski definition) is 1. The molecule has 1 amide bonds. The number of halogens is 3. The second-order valence-electron chi connectivity index (χ2n) is 9.29. The highest BCUT2D eigenvalue weighted by Gasteiger charge is 2.32. The van der Waals surface area contributed by atoms with E-state index in [1.54, 1.807) is 6.07 Å². The summed E-state index contributed by atoms with van der Waals surface area (Å²) in [5, 5.41) is 4.56. The van der Waals surface area contributed by atoms with E-state index in [4.69, 9.17) is 14.7 Å². The molecule has 4 heterocycles. The highest BCUT2D eigenvalue weighted by molar-refractivity contribution is 7.12. The quantitative estimate of drug-likeness (QED) is 0.457. The second kappa shape index (κ2) is 10.7. The highest BCUT2D eigenvalue weighted by atomic mass is 32.1. The van der Waals surface area contributed by atoms with E-state index < -0.39 is 12.3 Å². The molecule has 0 unspecified atom stereocenters. The summed E-state index contributed by atoms with van der Waals surface area (Å²) < 4.78 is 46.0. The molecular weight excluding hydrogens is 507 g/mol. The molecule has 12 heteroatoms. The van der Waals surface area contributed by atoms with E-state index in [-0.39, 0.29) is 17.4 Å². The van der Waals surface area contributed by atoms with Crippen LogP contribution in [0.4, 0.5) is 24.8 Å². The number of nitrogens with one attached hydrogen (secondary N) is 1. The highest BCUT2D eigenvalue weighted by Crippen LogP contribution is 2.33. The van der Waals surface area contributed by atoms with Crippen LogP contribution in [0.15, 0.2) is 29.6 Å². The summed E-state index contributed by atoms with van der Waals surface area (Å²) in [4.78, 5) is 26.7. The summed E-state index contributed by atoms with van der Waals surface area (Å²) in [5.41, 5.74) is 2.18. The normalized spacial score (nSPS) is 17.4. The molecule has 0 radical (unpaired) electrons. The van der Waals surface area contributed by atoms with E-state index in [2.05, 4.69) is 19.9 Å². The standard InChI is InChI=1S/C25H28F3N5O3S/c1-16-20-12-17(30-22(34)14-35-19-13-23(37-15-19)36-25(26,27)28)4-5-21(20)31-24(29-16)33-10-6-18(7-11-33)32-8-2-3-9-32/h4-5,12-13,15,18H,2-3,6-11,14H2,1H3,(H,30,34). The maximum Gasteiger partial charge on any atom is 0.573 e. The number of carbonyl (C=O) groups is 1. The van der Waals surface area contributed by atoms with Crippen molar-refractivity contribution in [1.82, 2.24) is 14.9 Å². The van der Waals surface area contributed by atoms with Gasteiger partial charge in [0.2, 0.25) is 5.95 Å². The van der Waals surface area contributed by atoms with E-state index in [9.17, 15) is 18.0 Å². The van der Waals surface area contributed by atoms with Crippen LogP contribution < -0.4 is 19.7 Å². The largest absolute Gasteiger partial charge is 0.573 e. The molecule has 0 spiro atoms. The number of alkyl halides is 3. The zero-order chi connectivity index (χ0) is 26.0. The van der Waals surface area contributed by atoms with E-state index in [1.807, 2.05) is 19.1 Å². The van der Waals surface area contributed by atoms with Crippen LogP contribution in [0.1, 0.15) is 31.4 Å². The monoisotopic (exact) mass is 535 g/mol. The molecule has 1 N–H and O–H groups in total. The zero-order valence-corrected chi connectivity index (χ0v) is 21.2. The molecule has 0 atom stereocenters. The van der Waals surface area contributed by atoms with Crippen LogP contribution in [0.3, 0.4) is 0 Å². The van der Waals surface area contributed by atoms with Gasteiger partial charge in [-0.25, -0.2) is 9.97 Å². The van der Waals surface area contributed by atoms with Crippen LogP contribution in [0, 0.1) is 6.92 Å². The Hall–Kier alpha value is -3.12. The molecule has 0 saturated carbocycles. The molecule has 0 aliphatic carbocycles. The van der Waals surface area contributed by atoms with Crippen LogP contribution in [0.25, 0.3) is 10.9 Å². The lowest BCUT2D eigenvalue weighted by Crippen LogP contribution is -2.44. The molecule has 8 nitrogen and oxygen atoms in total. The van der Waals surface area contributed by atoms with Gasteiger partial charge in [0.15, 0.2) is 11.7 Å². The summed E-state index contributed by atoms with van der Waals surface area (Å²) in [6.45, 7) is 5.88. The predicted molar refractivity (Wildman–Crippen MR) is 135 cm³/mol. The van der Waals surface area contributed by atoms with Gasteiger partial charge < -0.3 is 24.6 Å². The Bertz CT molecular complexity index is 1250. The molecule has 37 heavy (non-hydrogen) atoms. The maximum absolute atomic E-state index is 12.3. The van der Waals surface area contributed by atoms with Crippen molar-refractivity contribution in [2.45, 2.75) is 45.0 Å². The first kappa shape index (κ1) is 25.5. The van der Waals surface area contributed by atoms with Crippen LogP contribution in [0.2, 0.25) is 0 Å². The molecular formula is C25H28F3N5O3S. The number of piperidine rings is 1. The number of amides is 1. The summed E-state index contributed by atoms with van der Waals surface area (Å²) >= 11 is 0.734. The number of rotatable bonds is 7. The van der Waals surface area contributed by atoms with Gasteiger partial charge in [-0.05, 0) is 63.9 Å². The fraction of sp³-hybridized carbons (Fsp3) is 0.480. The SMILES string of the molecule is Cc1nc(N2CCC(N3CCCC3)CC2)nc2ccc(NC(=O)COc3csc(OC(F)(F)F)c3)cc12. The van der Waals surface area contributed by atoms with Crippen molar-refractivity contribution in [2.75, 3.05) is 43.0 Å². The lowest BCUT2D eigenvalue weighted by Gasteiger charge is -2.36. The Morgan fingerprint density at radius 1 is 1.14 bits per heavy atom.